The van der Waals surface area contributed by atoms with Crippen LogP contribution in [-0.4, -0.2) is 6.04 Å². The Morgan fingerprint density at radius 3 is 2.20 bits per heavy atom. The smallest absolute Gasteiger partial charge is 0.0402 e. The molecule has 0 saturated heterocycles. The lowest BCUT2D eigenvalue weighted by Crippen LogP contribution is -2.36. The third-order valence-electron chi connectivity index (χ3n) is 3.45. The van der Waals surface area contributed by atoms with Crippen LogP contribution in [0.25, 0.3) is 0 Å². The fourth-order valence-electron chi connectivity index (χ4n) is 2.20. The summed E-state index contributed by atoms with van der Waals surface area (Å²) < 4.78 is 1.33. The van der Waals surface area contributed by atoms with E-state index in [1.165, 1.54) is 33.2 Å². The van der Waals surface area contributed by atoms with Crippen LogP contribution in [0, 0.1) is 23.3 Å². The Hall–Kier alpha value is -0.250. The minimum atomic E-state index is 0.697. The van der Waals surface area contributed by atoms with Gasteiger partial charge in [-0.3, -0.25) is 0 Å². The van der Waals surface area contributed by atoms with Crippen LogP contribution in [0.2, 0.25) is 0 Å². The Morgan fingerprint density at radius 1 is 1.20 bits per heavy atom. The average molecular weight is 315 g/mol. The fraction of sp³-hybridized carbons (Fsp3) is 0.538. The Morgan fingerprint density at radius 2 is 1.80 bits per heavy atom. The van der Waals surface area contributed by atoms with E-state index in [1.807, 2.05) is 0 Å². The molecule has 1 aliphatic rings. The number of anilines is 1. The van der Waals surface area contributed by atoms with Crippen molar-refractivity contribution in [2.24, 2.45) is 5.92 Å². The van der Waals surface area contributed by atoms with Crippen molar-refractivity contribution in [1.29, 1.82) is 0 Å². The zero-order chi connectivity index (χ0) is 11.0. The maximum Gasteiger partial charge on any atom is 0.0402 e. The van der Waals surface area contributed by atoms with Gasteiger partial charge in [0.05, 0.1) is 0 Å². The van der Waals surface area contributed by atoms with Gasteiger partial charge in [0, 0.05) is 15.3 Å². The topological polar surface area (TPSA) is 12.0 Å². The Labute approximate surface area is 106 Å². The second-order valence-electron chi connectivity index (χ2n) is 4.72. The molecule has 2 rings (SSSR count). The lowest BCUT2D eigenvalue weighted by molar-refractivity contribution is 0.303. The molecule has 0 bridgehead atoms. The average Bonchev–Trinajstić information content (AvgIpc) is 2.14. The number of halogens is 1. The molecule has 1 N–H and O–H groups in total. The summed E-state index contributed by atoms with van der Waals surface area (Å²) in [6.45, 7) is 6.72. The molecule has 1 aromatic carbocycles. The monoisotopic (exact) mass is 315 g/mol. The summed E-state index contributed by atoms with van der Waals surface area (Å²) in [4.78, 5) is 0. The standard InChI is InChI=1S/C13H18IN/c1-8-4-5-12(8)15-13-9(2)6-11(14)7-10(13)3/h6-8,12,15H,4-5H2,1-3H3. The van der Waals surface area contributed by atoms with Crippen LogP contribution in [0.5, 0.6) is 0 Å². The summed E-state index contributed by atoms with van der Waals surface area (Å²) in [6, 6.07) is 5.20. The van der Waals surface area contributed by atoms with E-state index >= 15 is 0 Å². The van der Waals surface area contributed by atoms with Gasteiger partial charge in [-0.25, -0.2) is 0 Å². The lowest BCUT2D eigenvalue weighted by atomic mass is 9.81. The molecule has 82 valence electrons. The highest BCUT2D eigenvalue weighted by atomic mass is 127. The van der Waals surface area contributed by atoms with Crippen molar-refractivity contribution in [1.82, 2.24) is 0 Å². The third-order valence-corrected chi connectivity index (χ3v) is 4.07. The number of rotatable bonds is 2. The van der Waals surface area contributed by atoms with E-state index in [4.69, 9.17) is 0 Å². The fourth-order valence-corrected chi connectivity index (χ4v) is 3.14. The molecule has 1 aromatic rings. The first-order valence-corrected chi connectivity index (χ1v) is 6.69. The van der Waals surface area contributed by atoms with Gasteiger partial charge < -0.3 is 5.32 Å². The van der Waals surface area contributed by atoms with Gasteiger partial charge in [0.1, 0.15) is 0 Å². The summed E-state index contributed by atoms with van der Waals surface area (Å²) in [7, 11) is 0. The van der Waals surface area contributed by atoms with Crippen molar-refractivity contribution in [2.75, 3.05) is 5.32 Å². The molecular formula is C13H18IN. The molecule has 2 unspecified atom stereocenters. The minimum Gasteiger partial charge on any atom is -0.382 e. The summed E-state index contributed by atoms with van der Waals surface area (Å²) in [6.07, 6.45) is 2.70. The van der Waals surface area contributed by atoms with Crippen LogP contribution in [0.15, 0.2) is 12.1 Å². The van der Waals surface area contributed by atoms with E-state index in [-0.39, 0.29) is 0 Å². The molecule has 0 spiro atoms. The van der Waals surface area contributed by atoms with Gasteiger partial charge in [0.25, 0.3) is 0 Å². The quantitative estimate of drug-likeness (QED) is 0.810. The zero-order valence-electron chi connectivity index (χ0n) is 9.60. The number of hydrogen-bond donors (Lipinski definition) is 1. The van der Waals surface area contributed by atoms with Crippen molar-refractivity contribution >= 4 is 28.3 Å². The van der Waals surface area contributed by atoms with Gasteiger partial charge in [-0.2, -0.15) is 0 Å². The van der Waals surface area contributed by atoms with E-state index in [9.17, 15) is 0 Å². The molecule has 0 aliphatic heterocycles. The maximum absolute atomic E-state index is 3.69. The molecule has 0 amide bonds. The molecule has 2 atom stereocenters. The van der Waals surface area contributed by atoms with E-state index < -0.39 is 0 Å². The molecule has 1 fully saturated rings. The predicted molar refractivity (Wildman–Crippen MR) is 74.4 cm³/mol. The summed E-state index contributed by atoms with van der Waals surface area (Å²) >= 11 is 2.38. The molecule has 0 aromatic heterocycles. The molecular weight excluding hydrogens is 297 g/mol. The van der Waals surface area contributed by atoms with Crippen LogP contribution in [0.4, 0.5) is 5.69 Å². The summed E-state index contributed by atoms with van der Waals surface area (Å²) in [5.74, 6) is 0.836. The largest absolute Gasteiger partial charge is 0.382 e. The van der Waals surface area contributed by atoms with Crippen molar-refractivity contribution in [2.45, 2.75) is 39.7 Å². The third kappa shape index (κ3) is 2.30. The highest BCUT2D eigenvalue weighted by Crippen LogP contribution is 2.32. The first kappa shape index (κ1) is 11.2. The second kappa shape index (κ2) is 4.32. The van der Waals surface area contributed by atoms with E-state index in [1.54, 1.807) is 0 Å². The van der Waals surface area contributed by atoms with Crippen molar-refractivity contribution in [3.8, 4) is 0 Å². The first-order chi connectivity index (χ1) is 7.08. The maximum atomic E-state index is 3.69. The summed E-state index contributed by atoms with van der Waals surface area (Å²) in [5.41, 5.74) is 4.10. The molecule has 2 heteroatoms. The normalized spacial score (nSPS) is 24.8. The van der Waals surface area contributed by atoms with Crippen molar-refractivity contribution < 1.29 is 0 Å². The van der Waals surface area contributed by atoms with Gasteiger partial charge in [-0.15, -0.1) is 0 Å². The van der Waals surface area contributed by atoms with Gasteiger partial charge in [0.15, 0.2) is 0 Å². The lowest BCUT2D eigenvalue weighted by Gasteiger charge is -2.36. The highest BCUT2D eigenvalue weighted by molar-refractivity contribution is 14.1. The molecule has 0 heterocycles. The first-order valence-electron chi connectivity index (χ1n) is 5.61. The highest BCUT2D eigenvalue weighted by Gasteiger charge is 2.27. The molecule has 1 aliphatic carbocycles. The Kier molecular flexibility index (Phi) is 3.24. The van der Waals surface area contributed by atoms with E-state index in [0.717, 1.165) is 5.92 Å². The van der Waals surface area contributed by atoms with Gasteiger partial charge >= 0.3 is 0 Å². The number of hydrogen-bond acceptors (Lipinski definition) is 1. The number of aryl methyl sites for hydroxylation is 2. The van der Waals surface area contributed by atoms with Crippen LogP contribution in [0.1, 0.15) is 30.9 Å². The van der Waals surface area contributed by atoms with Gasteiger partial charge in [-0.1, -0.05) is 6.92 Å². The van der Waals surface area contributed by atoms with Crippen LogP contribution in [0.3, 0.4) is 0 Å². The Balaban J connectivity index is 2.20. The summed E-state index contributed by atoms with van der Waals surface area (Å²) in [5, 5.41) is 3.69. The van der Waals surface area contributed by atoms with Crippen LogP contribution in [-0.2, 0) is 0 Å². The van der Waals surface area contributed by atoms with Crippen molar-refractivity contribution in [3.63, 3.8) is 0 Å². The molecule has 0 radical (unpaired) electrons. The molecule has 1 nitrogen and oxygen atoms in total. The van der Waals surface area contributed by atoms with Crippen LogP contribution < -0.4 is 5.32 Å². The minimum absolute atomic E-state index is 0.697. The molecule has 1 saturated carbocycles. The SMILES string of the molecule is Cc1cc(I)cc(C)c1NC1CCC1C. The number of benzene rings is 1. The predicted octanol–water partition coefficient (Wildman–Crippen LogP) is 4.12. The van der Waals surface area contributed by atoms with Gasteiger partial charge in [0.2, 0.25) is 0 Å². The zero-order valence-corrected chi connectivity index (χ0v) is 11.8. The molecule has 15 heavy (non-hydrogen) atoms. The van der Waals surface area contributed by atoms with Crippen LogP contribution >= 0.6 is 22.6 Å². The van der Waals surface area contributed by atoms with Gasteiger partial charge in [-0.05, 0) is 78.5 Å². The second-order valence-corrected chi connectivity index (χ2v) is 5.97. The number of nitrogens with one attached hydrogen (secondary N) is 1. The van der Waals surface area contributed by atoms with E-state index in [0.29, 0.717) is 6.04 Å². The van der Waals surface area contributed by atoms with E-state index in [2.05, 4.69) is 60.8 Å². The Bertz CT molecular complexity index is 350. The van der Waals surface area contributed by atoms with Crippen molar-refractivity contribution in [3.05, 3.63) is 26.8 Å².